The van der Waals surface area contributed by atoms with Crippen molar-refractivity contribution in [3.8, 4) is 0 Å². The number of hydrazine groups is 1. The monoisotopic (exact) mass is 777 g/mol. The third-order valence-corrected chi connectivity index (χ3v) is 10.2. The molecule has 0 bridgehead atoms. The van der Waals surface area contributed by atoms with E-state index in [1.165, 1.54) is 7.11 Å². The van der Waals surface area contributed by atoms with Gasteiger partial charge < -0.3 is 30.7 Å². The number of halogens is 1. The number of methoxy groups -OCH3 is 1. The summed E-state index contributed by atoms with van der Waals surface area (Å²) in [6.45, 7) is 10.5. The Kier molecular flexibility index (Phi) is 15.9. The minimum atomic E-state index is -1.15. The number of urea groups is 1. The van der Waals surface area contributed by atoms with Crippen LogP contribution in [0.15, 0.2) is 72.8 Å². The lowest BCUT2D eigenvalue weighted by Gasteiger charge is -2.36. The molecule has 0 spiro atoms. The first-order valence-corrected chi connectivity index (χ1v) is 19.2. The summed E-state index contributed by atoms with van der Waals surface area (Å²) in [6.07, 6.45) is -0.678. The number of aromatic nitrogens is 1. The van der Waals surface area contributed by atoms with Crippen molar-refractivity contribution < 1.29 is 29.0 Å². The lowest BCUT2D eigenvalue weighted by atomic mass is 9.83. The number of aryl methyl sites for hydroxylation is 1. The third kappa shape index (κ3) is 13.2. The second kappa shape index (κ2) is 20.3. The summed E-state index contributed by atoms with van der Waals surface area (Å²) in [7, 11) is 1.28. The van der Waals surface area contributed by atoms with E-state index in [9.17, 15) is 24.3 Å². The molecule has 0 saturated carbocycles. The van der Waals surface area contributed by atoms with E-state index < -0.39 is 35.6 Å². The van der Waals surface area contributed by atoms with E-state index in [1.807, 2.05) is 95.3 Å². The van der Waals surface area contributed by atoms with Crippen molar-refractivity contribution >= 4 is 35.5 Å². The number of rotatable bonds is 19. The third-order valence-electron chi connectivity index (χ3n) is 9.96. The molecule has 14 heteroatoms. The van der Waals surface area contributed by atoms with Gasteiger partial charge in [0.1, 0.15) is 0 Å². The zero-order valence-corrected chi connectivity index (χ0v) is 33.4. The maximum atomic E-state index is 14.5. The number of amides is 5. The highest BCUT2D eigenvalue weighted by Gasteiger charge is 2.43. The maximum Gasteiger partial charge on any atom is 0.406 e. The van der Waals surface area contributed by atoms with Crippen LogP contribution in [0.5, 0.6) is 0 Å². The Hall–Kier alpha value is -4.72. The lowest BCUT2D eigenvalue weighted by Crippen LogP contribution is -2.56. The van der Waals surface area contributed by atoms with Gasteiger partial charge in [0.25, 0.3) is 0 Å². The number of aliphatic hydroxyl groups excluding tert-OH is 1. The molecule has 13 nitrogen and oxygen atoms in total. The summed E-state index contributed by atoms with van der Waals surface area (Å²) < 4.78 is 4.68. The van der Waals surface area contributed by atoms with Gasteiger partial charge in [0.05, 0.1) is 43.5 Å². The van der Waals surface area contributed by atoms with Crippen LogP contribution >= 0.6 is 11.6 Å². The Morgan fingerprint density at radius 3 is 2.47 bits per heavy atom. The molecule has 2 aromatic carbocycles. The fourth-order valence-corrected chi connectivity index (χ4v) is 7.09. The second-order valence-electron chi connectivity index (χ2n) is 15.2. The standard InChI is InChI=1S/C41H56ClN7O6/c1-7-27(2)37(34-22-43-39(53)49(34)24-32-18-11-13-28(3)45-32)38(52)46-33(20-29-14-9-8-10-15-29)35(50)25-48(23-30-16-12-17-31(42)19-30)47-36(51)21-41(4,5)26-44-40(54)55-6/h8-19,27,33-35,37,50H,7,20-26H2,1-6H3,(H,43,53)(H,44,54)(H,46,52)(H,47,51). The number of ether oxygens (including phenoxy) is 1. The van der Waals surface area contributed by atoms with Gasteiger partial charge >= 0.3 is 12.1 Å². The topological polar surface area (TPSA) is 165 Å². The summed E-state index contributed by atoms with van der Waals surface area (Å²) >= 11 is 6.31. The predicted octanol–water partition coefficient (Wildman–Crippen LogP) is 4.99. The van der Waals surface area contributed by atoms with Gasteiger partial charge in [-0.05, 0) is 60.1 Å². The van der Waals surface area contributed by atoms with Crippen molar-refractivity contribution in [1.29, 1.82) is 0 Å². The number of benzene rings is 2. The number of nitrogens with zero attached hydrogens (tertiary/aromatic N) is 3. The van der Waals surface area contributed by atoms with Gasteiger partial charge in [-0.2, -0.15) is 0 Å². The maximum absolute atomic E-state index is 14.5. The van der Waals surface area contributed by atoms with Crippen LogP contribution in [0.1, 0.15) is 63.1 Å². The number of pyridine rings is 1. The summed E-state index contributed by atoms with van der Waals surface area (Å²) in [5, 5.41) is 22.9. The molecule has 2 heterocycles. The van der Waals surface area contributed by atoms with Crippen molar-refractivity contribution in [2.45, 2.75) is 85.2 Å². The van der Waals surface area contributed by atoms with Gasteiger partial charge in [0.15, 0.2) is 0 Å². The van der Waals surface area contributed by atoms with Crippen molar-refractivity contribution in [1.82, 2.24) is 36.3 Å². The molecule has 4 rings (SSSR count). The first kappa shape index (κ1) is 43.0. The van der Waals surface area contributed by atoms with E-state index in [0.717, 1.165) is 22.5 Å². The number of alkyl carbamates (subject to hydrolysis) is 1. The minimum absolute atomic E-state index is 0.0422. The number of hydrogen-bond donors (Lipinski definition) is 5. The highest BCUT2D eigenvalue weighted by molar-refractivity contribution is 6.30. The van der Waals surface area contributed by atoms with Crippen LogP contribution in [0.4, 0.5) is 9.59 Å². The SMILES string of the molecule is CCC(C)C(C(=O)NC(Cc1ccccc1)C(O)CN(Cc1cccc(Cl)c1)NC(=O)CC(C)(C)CNC(=O)OC)C1CNC(=O)N1Cc1cccc(C)n1. The van der Waals surface area contributed by atoms with Gasteiger partial charge in [0, 0.05) is 43.3 Å². The van der Waals surface area contributed by atoms with E-state index >= 15 is 0 Å². The van der Waals surface area contributed by atoms with Gasteiger partial charge in [-0.1, -0.05) is 94.2 Å². The number of aliphatic hydroxyl groups is 1. The molecule has 0 aliphatic carbocycles. The summed E-state index contributed by atoms with van der Waals surface area (Å²) in [6, 6.07) is 21.0. The van der Waals surface area contributed by atoms with Crippen LogP contribution in [0, 0.1) is 24.2 Å². The zero-order valence-electron chi connectivity index (χ0n) is 32.7. The van der Waals surface area contributed by atoms with Crippen LogP contribution in [0.25, 0.3) is 0 Å². The molecular weight excluding hydrogens is 722 g/mol. The fourth-order valence-electron chi connectivity index (χ4n) is 6.88. The summed E-state index contributed by atoms with van der Waals surface area (Å²) in [4.78, 5) is 59.2. The average Bonchev–Trinajstić information content (AvgIpc) is 3.48. The molecule has 298 valence electrons. The molecule has 55 heavy (non-hydrogen) atoms. The number of nitrogens with one attached hydrogen (secondary N) is 4. The van der Waals surface area contributed by atoms with E-state index in [2.05, 4.69) is 31.1 Å². The molecular formula is C41H56ClN7O6. The van der Waals surface area contributed by atoms with Crippen LogP contribution in [-0.2, 0) is 33.8 Å². The van der Waals surface area contributed by atoms with Crippen LogP contribution in [0.3, 0.4) is 0 Å². The summed E-state index contributed by atoms with van der Waals surface area (Å²) in [5.74, 6) is -1.30. The number of carbonyl (C=O) groups is 4. The molecule has 3 aromatic rings. The number of hydrogen-bond acceptors (Lipinski definition) is 8. The van der Waals surface area contributed by atoms with E-state index in [4.69, 9.17) is 11.6 Å². The number of carbonyl (C=O) groups excluding carboxylic acids is 4. The molecule has 1 aliphatic rings. The molecule has 0 radical (unpaired) electrons. The van der Waals surface area contributed by atoms with Gasteiger partial charge in [-0.15, -0.1) is 0 Å². The van der Waals surface area contributed by atoms with Crippen LogP contribution < -0.4 is 21.4 Å². The summed E-state index contributed by atoms with van der Waals surface area (Å²) in [5.41, 5.74) is 5.61. The minimum Gasteiger partial charge on any atom is -0.453 e. The second-order valence-corrected chi connectivity index (χ2v) is 15.6. The van der Waals surface area contributed by atoms with Crippen molar-refractivity contribution in [3.05, 3.63) is 100 Å². The highest BCUT2D eigenvalue weighted by atomic mass is 35.5. The molecule has 1 fully saturated rings. The zero-order chi connectivity index (χ0) is 40.1. The fraction of sp³-hybridized carbons (Fsp3) is 0.488. The van der Waals surface area contributed by atoms with Crippen molar-refractivity contribution in [2.24, 2.45) is 17.3 Å². The largest absolute Gasteiger partial charge is 0.453 e. The van der Waals surface area contributed by atoms with Crippen LogP contribution in [-0.4, -0.2) is 88.9 Å². The molecule has 5 amide bonds. The Bertz CT molecular complexity index is 1740. The normalized spacial score (nSPS) is 16.5. The molecule has 5 unspecified atom stereocenters. The molecule has 1 aromatic heterocycles. The van der Waals surface area contributed by atoms with Crippen molar-refractivity contribution in [3.63, 3.8) is 0 Å². The quantitative estimate of drug-likeness (QED) is 0.106. The Labute approximate surface area is 329 Å². The molecule has 5 atom stereocenters. The smallest absolute Gasteiger partial charge is 0.406 e. The highest BCUT2D eigenvalue weighted by Crippen LogP contribution is 2.28. The molecule has 5 N–H and O–H groups in total. The van der Waals surface area contributed by atoms with Crippen LogP contribution in [0.2, 0.25) is 5.02 Å². The van der Waals surface area contributed by atoms with Crippen molar-refractivity contribution in [2.75, 3.05) is 26.7 Å². The lowest BCUT2D eigenvalue weighted by molar-refractivity contribution is -0.132. The molecule has 1 aliphatic heterocycles. The van der Waals surface area contributed by atoms with Gasteiger partial charge in [-0.3, -0.25) is 20.0 Å². The Morgan fingerprint density at radius 1 is 1.09 bits per heavy atom. The Morgan fingerprint density at radius 2 is 1.80 bits per heavy atom. The first-order valence-electron chi connectivity index (χ1n) is 18.8. The van der Waals surface area contributed by atoms with Gasteiger partial charge in [0.2, 0.25) is 11.8 Å². The molecule has 1 saturated heterocycles. The van der Waals surface area contributed by atoms with E-state index in [1.54, 1.807) is 22.0 Å². The average molecular weight is 778 g/mol. The van der Waals surface area contributed by atoms with Gasteiger partial charge in [-0.25, -0.2) is 14.6 Å². The van der Waals surface area contributed by atoms with E-state index in [-0.39, 0.29) is 56.4 Å². The Balaban J connectivity index is 1.59. The van der Waals surface area contributed by atoms with E-state index in [0.29, 0.717) is 24.4 Å². The first-order chi connectivity index (χ1) is 26.2. The predicted molar refractivity (Wildman–Crippen MR) is 212 cm³/mol.